The van der Waals surface area contributed by atoms with E-state index in [1.165, 1.54) is 0 Å². The van der Waals surface area contributed by atoms with Crippen molar-refractivity contribution in [2.75, 3.05) is 6.61 Å². The number of aromatic nitrogens is 3. The predicted molar refractivity (Wildman–Crippen MR) is 70.9 cm³/mol. The molecule has 0 saturated carbocycles. The monoisotopic (exact) mass is 263 g/mol. The number of ether oxygens (including phenoxy) is 1. The maximum atomic E-state index is 5.87. The second-order valence-electron chi connectivity index (χ2n) is 4.02. The van der Waals surface area contributed by atoms with Gasteiger partial charge in [-0.25, -0.2) is 0 Å². The lowest BCUT2D eigenvalue weighted by Gasteiger charge is -2.06. The fourth-order valence-electron chi connectivity index (χ4n) is 1.76. The lowest BCUT2D eigenvalue weighted by Crippen LogP contribution is -2.01. The van der Waals surface area contributed by atoms with E-state index in [-0.39, 0.29) is 11.3 Å². The average molecular weight is 264 g/mol. The van der Waals surface area contributed by atoms with Gasteiger partial charge in [0.05, 0.1) is 6.61 Å². The summed E-state index contributed by atoms with van der Waals surface area (Å²) in [7, 11) is 0. The quantitative estimate of drug-likeness (QED) is 0.853. The van der Waals surface area contributed by atoms with Crippen LogP contribution in [0, 0.1) is 13.8 Å². The van der Waals surface area contributed by atoms with Crippen molar-refractivity contribution in [2.45, 2.75) is 20.8 Å². The van der Waals surface area contributed by atoms with Crippen LogP contribution in [0.25, 0.3) is 11.4 Å². The largest absolute Gasteiger partial charge is 0.464 e. The van der Waals surface area contributed by atoms with Gasteiger partial charge in [-0.05, 0) is 44.5 Å². The number of hydrogen-bond donors (Lipinski definition) is 0. The molecule has 2 rings (SSSR count). The Balaban J connectivity index is 2.49. The second kappa shape index (κ2) is 5.31. The molecule has 1 aromatic heterocycles. The third kappa shape index (κ3) is 2.96. The van der Waals surface area contributed by atoms with Crippen LogP contribution in [0.4, 0.5) is 0 Å². The van der Waals surface area contributed by atoms with E-state index in [9.17, 15) is 0 Å². The fraction of sp³-hybridized carbons (Fsp3) is 0.308. The zero-order valence-electron chi connectivity index (χ0n) is 10.6. The third-order valence-electron chi connectivity index (χ3n) is 2.34. The molecule has 0 spiro atoms. The summed E-state index contributed by atoms with van der Waals surface area (Å²) in [4.78, 5) is 12.3. The minimum atomic E-state index is 0.141. The van der Waals surface area contributed by atoms with Crippen LogP contribution in [-0.4, -0.2) is 21.6 Å². The van der Waals surface area contributed by atoms with Crippen molar-refractivity contribution in [2.24, 2.45) is 0 Å². The summed E-state index contributed by atoms with van der Waals surface area (Å²) in [5.74, 6) is 0.533. The summed E-state index contributed by atoms with van der Waals surface area (Å²) in [5.41, 5.74) is 3.22. The van der Waals surface area contributed by atoms with Gasteiger partial charge in [-0.3, -0.25) is 0 Å². The first kappa shape index (κ1) is 12.8. The van der Waals surface area contributed by atoms with Crippen molar-refractivity contribution >= 4 is 11.6 Å². The third-order valence-corrected chi connectivity index (χ3v) is 2.51. The van der Waals surface area contributed by atoms with E-state index in [4.69, 9.17) is 16.3 Å². The summed E-state index contributed by atoms with van der Waals surface area (Å²) in [6.07, 6.45) is 0. The van der Waals surface area contributed by atoms with Crippen LogP contribution in [0.1, 0.15) is 18.1 Å². The van der Waals surface area contributed by atoms with E-state index < -0.39 is 0 Å². The van der Waals surface area contributed by atoms with E-state index in [1.807, 2.05) is 32.9 Å². The van der Waals surface area contributed by atoms with Crippen LogP contribution in [-0.2, 0) is 0 Å². The van der Waals surface area contributed by atoms with Gasteiger partial charge in [-0.15, -0.1) is 0 Å². The van der Waals surface area contributed by atoms with Crippen LogP contribution in [0.15, 0.2) is 18.2 Å². The van der Waals surface area contributed by atoms with Crippen molar-refractivity contribution in [1.82, 2.24) is 15.0 Å². The molecule has 0 radical (unpaired) electrons. The highest BCUT2D eigenvalue weighted by Crippen LogP contribution is 2.21. The molecular formula is C13H14ClN3O. The van der Waals surface area contributed by atoms with Gasteiger partial charge in [0.2, 0.25) is 5.28 Å². The fourth-order valence-corrected chi connectivity index (χ4v) is 1.91. The van der Waals surface area contributed by atoms with Gasteiger partial charge >= 0.3 is 6.01 Å². The highest BCUT2D eigenvalue weighted by Gasteiger charge is 2.08. The molecule has 0 atom stereocenters. The molecule has 94 valence electrons. The molecule has 0 unspecified atom stereocenters. The lowest BCUT2D eigenvalue weighted by molar-refractivity contribution is 0.312. The van der Waals surface area contributed by atoms with E-state index in [0.29, 0.717) is 12.4 Å². The summed E-state index contributed by atoms with van der Waals surface area (Å²) < 4.78 is 5.26. The molecule has 0 aliphatic rings. The minimum absolute atomic E-state index is 0.141. The average Bonchev–Trinajstić information content (AvgIpc) is 2.27. The number of hydrogen-bond acceptors (Lipinski definition) is 4. The highest BCUT2D eigenvalue weighted by atomic mass is 35.5. The number of rotatable bonds is 3. The van der Waals surface area contributed by atoms with Crippen molar-refractivity contribution in [3.63, 3.8) is 0 Å². The van der Waals surface area contributed by atoms with Crippen LogP contribution < -0.4 is 4.74 Å². The number of nitrogens with zero attached hydrogens (tertiary/aromatic N) is 3. The van der Waals surface area contributed by atoms with Gasteiger partial charge in [0, 0.05) is 5.56 Å². The number of aryl methyl sites for hydroxylation is 2. The van der Waals surface area contributed by atoms with Crippen molar-refractivity contribution in [1.29, 1.82) is 0 Å². The minimum Gasteiger partial charge on any atom is -0.464 e. The molecule has 0 aliphatic carbocycles. The first-order chi connectivity index (χ1) is 8.58. The van der Waals surface area contributed by atoms with Gasteiger partial charge in [0.15, 0.2) is 5.82 Å². The molecule has 18 heavy (non-hydrogen) atoms. The van der Waals surface area contributed by atoms with Crippen LogP contribution in [0.3, 0.4) is 0 Å². The van der Waals surface area contributed by atoms with Gasteiger partial charge in [-0.2, -0.15) is 15.0 Å². The van der Waals surface area contributed by atoms with Crippen molar-refractivity contribution < 1.29 is 4.74 Å². The zero-order valence-corrected chi connectivity index (χ0v) is 11.3. The Morgan fingerprint density at radius 2 is 1.72 bits per heavy atom. The molecule has 5 heteroatoms. The normalized spacial score (nSPS) is 10.4. The summed E-state index contributed by atoms with van der Waals surface area (Å²) in [5, 5.41) is 0.141. The topological polar surface area (TPSA) is 47.9 Å². The van der Waals surface area contributed by atoms with Crippen molar-refractivity contribution in [3.8, 4) is 17.4 Å². The predicted octanol–water partition coefficient (Wildman–Crippen LogP) is 3.21. The Morgan fingerprint density at radius 3 is 2.33 bits per heavy atom. The molecule has 1 heterocycles. The Kier molecular flexibility index (Phi) is 3.77. The smallest absolute Gasteiger partial charge is 0.321 e. The molecule has 0 amide bonds. The van der Waals surface area contributed by atoms with E-state index in [0.717, 1.165) is 16.7 Å². The Morgan fingerprint density at radius 1 is 1.06 bits per heavy atom. The van der Waals surface area contributed by atoms with Gasteiger partial charge in [0.1, 0.15) is 0 Å². The summed E-state index contributed by atoms with van der Waals surface area (Å²) in [6, 6.07) is 6.37. The molecule has 1 aromatic carbocycles. The van der Waals surface area contributed by atoms with Crippen LogP contribution >= 0.6 is 11.6 Å². The molecular weight excluding hydrogens is 250 g/mol. The standard InChI is InChI=1S/C13H14ClN3O/c1-4-18-13-16-11(15-12(14)17-13)10-6-8(2)5-9(3)7-10/h5-7H,4H2,1-3H3. The maximum Gasteiger partial charge on any atom is 0.321 e. The summed E-state index contributed by atoms with van der Waals surface area (Å²) >= 11 is 5.87. The van der Waals surface area contributed by atoms with Gasteiger partial charge in [-0.1, -0.05) is 17.2 Å². The van der Waals surface area contributed by atoms with E-state index in [2.05, 4.69) is 21.0 Å². The first-order valence-electron chi connectivity index (χ1n) is 5.71. The van der Waals surface area contributed by atoms with Gasteiger partial charge < -0.3 is 4.74 Å². The molecule has 0 saturated heterocycles. The van der Waals surface area contributed by atoms with E-state index >= 15 is 0 Å². The Bertz CT molecular complexity index is 552. The summed E-state index contributed by atoms with van der Waals surface area (Å²) in [6.45, 7) is 6.42. The maximum absolute atomic E-state index is 5.87. The highest BCUT2D eigenvalue weighted by molar-refractivity contribution is 6.28. The second-order valence-corrected chi connectivity index (χ2v) is 4.36. The Hall–Kier alpha value is -1.68. The van der Waals surface area contributed by atoms with E-state index in [1.54, 1.807) is 0 Å². The number of halogens is 1. The molecule has 0 bridgehead atoms. The molecule has 0 aliphatic heterocycles. The first-order valence-corrected chi connectivity index (χ1v) is 6.09. The zero-order chi connectivity index (χ0) is 13.1. The molecule has 0 fully saturated rings. The molecule has 4 nitrogen and oxygen atoms in total. The Labute approximate surface area is 111 Å². The van der Waals surface area contributed by atoms with Gasteiger partial charge in [0.25, 0.3) is 0 Å². The van der Waals surface area contributed by atoms with Crippen molar-refractivity contribution in [3.05, 3.63) is 34.6 Å². The lowest BCUT2D eigenvalue weighted by atomic mass is 10.1. The molecule has 0 N–H and O–H groups in total. The van der Waals surface area contributed by atoms with Crippen LogP contribution in [0.2, 0.25) is 5.28 Å². The SMILES string of the molecule is CCOc1nc(Cl)nc(-c2cc(C)cc(C)c2)n1. The molecule has 2 aromatic rings. The number of benzene rings is 1. The van der Waals surface area contributed by atoms with Crippen LogP contribution in [0.5, 0.6) is 6.01 Å².